The van der Waals surface area contributed by atoms with Crippen molar-refractivity contribution in [3.05, 3.63) is 74.6 Å². The molecule has 9 heteroatoms. The maximum Gasteiger partial charge on any atom is 0.336 e. The Kier molecular flexibility index (Phi) is 6.08. The first-order valence-corrected chi connectivity index (χ1v) is 8.71. The van der Waals surface area contributed by atoms with Crippen molar-refractivity contribution in [2.24, 2.45) is 0 Å². The van der Waals surface area contributed by atoms with E-state index in [-0.39, 0.29) is 25.3 Å². The van der Waals surface area contributed by atoms with Gasteiger partial charge in [-0.2, -0.15) is 0 Å². The predicted molar refractivity (Wildman–Crippen MR) is 105 cm³/mol. The molecule has 0 unspecified atom stereocenters. The lowest BCUT2D eigenvalue weighted by atomic mass is 10.1. The number of hydrogen-bond donors (Lipinski definition) is 1. The molecule has 0 fully saturated rings. The maximum atomic E-state index is 12.0. The van der Waals surface area contributed by atoms with E-state index in [0.717, 1.165) is 0 Å². The van der Waals surface area contributed by atoms with Gasteiger partial charge in [0.2, 0.25) is 0 Å². The van der Waals surface area contributed by atoms with Crippen molar-refractivity contribution in [1.82, 2.24) is 0 Å². The van der Waals surface area contributed by atoms with Crippen LogP contribution in [-0.4, -0.2) is 24.5 Å². The van der Waals surface area contributed by atoms with Gasteiger partial charge in [0, 0.05) is 35.7 Å². The molecule has 1 aromatic heterocycles. The lowest BCUT2D eigenvalue weighted by Crippen LogP contribution is -2.13. The first kappa shape index (κ1) is 19.9. The third-order valence-corrected chi connectivity index (χ3v) is 4.17. The van der Waals surface area contributed by atoms with E-state index in [4.69, 9.17) is 13.9 Å². The van der Waals surface area contributed by atoms with E-state index in [0.29, 0.717) is 28.0 Å². The number of para-hydroxylation sites is 2. The Labute approximate surface area is 165 Å². The fraction of sp³-hybridized carbons (Fsp3) is 0.200. The molecule has 0 aliphatic heterocycles. The second-order valence-electron chi connectivity index (χ2n) is 6.06. The van der Waals surface area contributed by atoms with Gasteiger partial charge in [-0.05, 0) is 18.2 Å². The van der Waals surface area contributed by atoms with Crippen LogP contribution in [0.15, 0.2) is 57.7 Å². The van der Waals surface area contributed by atoms with Crippen LogP contribution < -0.4 is 15.7 Å². The highest BCUT2D eigenvalue weighted by atomic mass is 16.6. The monoisotopic (exact) mass is 398 g/mol. The number of carbonyl (C=O) groups excluding carboxylic acids is 1. The minimum absolute atomic E-state index is 0.000749. The van der Waals surface area contributed by atoms with E-state index >= 15 is 0 Å². The molecule has 0 amide bonds. The van der Waals surface area contributed by atoms with Gasteiger partial charge < -0.3 is 19.2 Å². The summed E-state index contributed by atoms with van der Waals surface area (Å²) < 4.78 is 15.5. The van der Waals surface area contributed by atoms with Crippen molar-refractivity contribution >= 4 is 28.3 Å². The number of ether oxygens (including phenoxy) is 2. The van der Waals surface area contributed by atoms with Crippen molar-refractivity contribution in [3.63, 3.8) is 0 Å². The zero-order chi connectivity index (χ0) is 20.8. The van der Waals surface area contributed by atoms with Crippen LogP contribution in [0.2, 0.25) is 0 Å². The zero-order valence-electron chi connectivity index (χ0n) is 15.5. The smallest absolute Gasteiger partial charge is 0.336 e. The summed E-state index contributed by atoms with van der Waals surface area (Å²) in [5, 5.41) is 14.5. The molecule has 29 heavy (non-hydrogen) atoms. The lowest BCUT2D eigenvalue weighted by molar-refractivity contribution is -0.384. The van der Waals surface area contributed by atoms with E-state index in [1.165, 1.54) is 19.2 Å². The van der Waals surface area contributed by atoms with E-state index < -0.39 is 16.5 Å². The average Bonchev–Trinajstić information content (AvgIpc) is 2.71. The number of benzene rings is 2. The summed E-state index contributed by atoms with van der Waals surface area (Å²) in [6.45, 7) is 0.0668. The maximum absolute atomic E-state index is 12.0. The standard InChI is InChI=1S/C20H18N2O7/c1-27-14-6-7-15-13(10-20(24)29-18(15)11-14)12-28-19(23)8-9-21-16-4-2-3-5-17(16)22(25)26/h2-7,10-11,21H,8-9,12H2,1H3. The number of carbonyl (C=O) groups is 1. The summed E-state index contributed by atoms with van der Waals surface area (Å²) in [5.74, 6) is 0.0295. The number of nitrogens with zero attached hydrogens (tertiary/aromatic N) is 1. The Morgan fingerprint density at radius 3 is 2.76 bits per heavy atom. The Morgan fingerprint density at radius 2 is 2.00 bits per heavy atom. The number of anilines is 1. The number of fused-ring (bicyclic) bond motifs is 1. The molecule has 0 aliphatic rings. The van der Waals surface area contributed by atoms with Crippen LogP contribution in [0.4, 0.5) is 11.4 Å². The van der Waals surface area contributed by atoms with Gasteiger partial charge >= 0.3 is 11.6 Å². The molecule has 150 valence electrons. The number of rotatable bonds is 8. The summed E-state index contributed by atoms with van der Waals surface area (Å²) in [6.07, 6.45) is -0.000749. The summed E-state index contributed by atoms with van der Waals surface area (Å²) in [5.41, 5.74) is 0.541. The largest absolute Gasteiger partial charge is 0.497 e. The van der Waals surface area contributed by atoms with Gasteiger partial charge in [-0.15, -0.1) is 0 Å². The van der Waals surface area contributed by atoms with Crippen LogP contribution in [0.3, 0.4) is 0 Å². The summed E-state index contributed by atoms with van der Waals surface area (Å²) >= 11 is 0. The molecule has 3 rings (SSSR count). The SMILES string of the molecule is COc1ccc2c(COC(=O)CCNc3ccccc3[N+](=O)[O-])cc(=O)oc2c1. The van der Waals surface area contributed by atoms with Gasteiger partial charge in [-0.25, -0.2) is 4.79 Å². The van der Waals surface area contributed by atoms with Gasteiger partial charge in [0.15, 0.2) is 0 Å². The molecule has 3 aromatic rings. The fourth-order valence-electron chi connectivity index (χ4n) is 2.77. The Hall–Kier alpha value is -3.88. The summed E-state index contributed by atoms with van der Waals surface area (Å²) in [4.78, 5) is 34.3. The summed E-state index contributed by atoms with van der Waals surface area (Å²) in [7, 11) is 1.50. The third-order valence-electron chi connectivity index (χ3n) is 4.17. The molecular formula is C20H18N2O7. The van der Waals surface area contributed by atoms with Gasteiger partial charge in [0.1, 0.15) is 23.6 Å². The number of nitro benzene ring substituents is 1. The Balaban J connectivity index is 1.60. The van der Waals surface area contributed by atoms with Crippen LogP contribution in [0.1, 0.15) is 12.0 Å². The van der Waals surface area contributed by atoms with E-state index in [1.54, 1.807) is 36.4 Å². The van der Waals surface area contributed by atoms with Gasteiger partial charge in [0.25, 0.3) is 5.69 Å². The quantitative estimate of drug-likeness (QED) is 0.266. The normalized spacial score (nSPS) is 10.5. The molecule has 1 heterocycles. The van der Waals surface area contributed by atoms with E-state index in [1.807, 2.05) is 0 Å². The predicted octanol–water partition coefficient (Wildman–Crippen LogP) is 3.26. The van der Waals surface area contributed by atoms with Gasteiger partial charge in [0.05, 0.1) is 18.5 Å². The van der Waals surface area contributed by atoms with Crippen LogP contribution in [-0.2, 0) is 16.1 Å². The highest BCUT2D eigenvalue weighted by Crippen LogP contribution is 2.24. The molecule has 0 aliphatic carbocycles. The number of methoxy groups -OCH3 is 1. The van der Waals surface area contributed by atoms with Crippen molar-refractivity contribution in [3.8, 4) is 5.75 Å². The van der Waals surface area contributed by atoms with Gasteiger partial charge in [-0.1, -0.05) is 12.1 Å². The fourth-order valence-corrected chi connectivity index (χ4v) is 2.77. The zero-order valence-corrected chi connectivity index (χ0v) is 15.5. The molecular weight excluding hydrogens is 380 g/mol. The van der Waals surface area contributed by atoms with Crippen LogP contribution >= 0.6 is 0 Å². The highest BCUT2D eigenvalue weighted by molar-refractivity contribution is 5.81. The number of nitrogens with one attached hydrogen (secondary N) is 1. The molecule has 1 N–H and O–H groups in total. The van der Waals surface area contributed by atoms with E-state index in [2.05, 4.69) is 5.32 Å². The van der Waals surface area contributed by atoms with Crippen molar-refractivity contribution in [1.29, 1.82) is 0 Å². The van der Waals surface area contributed by atoms with Crippen molar-refractivity contribution in [2.75, 3.05) is 19.0 Å². The molecule has 0 saturated heterocycles. The Bertz CT molecular complexity index is 1110. The van der Waals surface area contributed by atoms with Crippen LogP contribution in [0, 0.1) is 10.1 Å². The van der Waals surface area contributed by atoms with E-state index in [9.17, 15) is 19.7 Å². The number of esters is 1. The molecule has 2 aromatic carbocycles. The first-order chi connectivity index (χ1) is 14.0. The minimum atomic E-state index is -0.560. The first-order valence-electron chi connectivity index (χ1n) is 8.71. The van der Waals surface area contributed by atoms with Crippen molar-refractivity contribution < 1.29 is 23.6 Å². The second kappa shape index (κ2) is 8.87. The van der Waals surface area contributed by atoms with Crippen LogP contribution in [0.25, 0.3) is 11.0 Å². The second-order valence-corrected chi connectivity index (χ2v) is 6.06. The van der Waals surface area contributed by atoms with Crippen LogP contribution in [0.5, 0.6) is 5.75 Å². The highest BCUT2D eigenvalue weighted by Gasteiger charge is 2.13. The number of hydrogen-bond acceptors (Lipinski definition) is 8. The molecule has 0 bridgehead atoms. The lowest BCUT2D eigenvalue weighted by Gasteiger charge is -2.09. The molecule has 0 atom stereocenters. The van der Waals surface area contributed by atoms with Crippen molar-refractivity contribution in [2.45, 2.75) is 13.0 Å². The minimum Gasteiger partial charge on any atom is -0.497 e. The average molecular weight is 398 g/mol. The molecule has 9 nitrogen and oxygen atoms in total. The molecule has 0 saturated carbocycles. The Morgan fingerprint density at radius 1 is 1.21 bits per heavy atom. The third kappa shape index (κ3) is 4.89. The van der Waals surface area contributed by atoms with Gasteiger partial charge in [-0.3, -0.25) is 14.9 Å². The topological polar surface area (TPSA) is 121 Å². The summed E-state index contributed by atoms with van der Waals surface area (Å²) in [6, 6.07) is 12.4. The number of nitro groups is 1. The molecule has 0 spiro atoms. The molecule has 0 radical (unpaired) electrons.